The number of alkyl halides is 1. The molecule has 2 aliphatic heterocycles. The zero-order valence-corrected chi connectivity index (χ0v) is 16.4. The number of pyridine rings is 2. The number of carbonyl (C=O) groups excluding carboxylic acids is 1. The molecule has 4 heterocycles. The highest BCUT2D eigenvalue weighted by Gasteiger charge is 2.32. The number of likely N-dealkylation sites (N-methyl/N-ethyl adjacent to an activating group) is 1. The van der Waals surface area contributed by atoms with Crippen LogP contribution in [0.25, 0.3) is 0 Å². The van der Waals surface area contributed by atoms with E-state index in [1.54, 1.807) is 41.2 Å². The van der Waals surface area contributed by atoms with Gasteiger partial charge in [0.15, 0.2) is 5.84 Å². The molecule has 9 heteroatoms. The predicted molar refractivity (Wildman–Crippen MR) is 108 cm³/mol. The van der Waals surface area contributed by atoms with Gasteiger partial charge in [0, 0.05) is 12.6 Å². The van der Waals surface area contributed by atoms with E-state index in [2.05, 4.69) is 21.6 Å². The van der Waals surface area contributed by atoms with E-state index in [9.17, 15) is 9.18 Å². The van der Waals surface area contributed by atoms with Gasteiger partial charge in [-0.1, -0.05) is 6.58 Å². The van der Waals surface area contributed by atoms with Crippen molar-refractivity contribution in [3.8, 4) is 11.5 Å². The van der Waals surface area contributed by atoms with Gasteiger partial charge in [-0.15, -0.1) is 0 Å². The molecule has 0 N–H and O–H groups in total. The molecule has 2 aliphatic rings. The van der Waals surface area contributed by atoms with Gasteiger partial charge in [0.05, 0.1) is 30.3 Å². The summed E-state index contributed by atoms with van der Waals surface area (Å²) in [4.78, 5) is 22.8. The molecule has 0 unspecified atom stereocenters. The maximum atomic E-state index is 12.7. The Morgan fingerprint density at radius 3 is 2.73 bits per heavy atom. The van der Waals surface area contributed by atoms with E-state index in [4.69, 9.17) is 9.47 Å². The Morgan fingerprint density at radius 2 is 2.00 bits per heavy atom. The summed E-state index contributed by atoms with van der Waals surface area (Å²) in [5.41, 5.74) is 2.58. The van der Waals surface area contributed by atoms with Crippen LogP contribution in [-0.2, 0) is 13.2 Å². The van der Waals surface area contributed by atoms with Gasteiger partial charge in [-0.25, -0.2) is 9.37 Å². The number of rotatable bonds is 6. The first-order valence-corrected chi connectivity index (χ1v) is 9.32. The van der Waals surface area contributed by atoms with E-state index >= 15 is 0 Å². The second-order valence-corrected chi connectivity index (χ2v) is 6.69. The average molecular weight is 409 g/mol. The van der Waals surface area contributed by atoms with Gasteiger partial charge in [0.1, 0.15) is 37.1 Å². The van der Waals surface area contributed by atoms with E-state index in [0.29, 0.717) is 35.3 Å². The fourth-order valence-electron chi connectivity index (χ4n) is 3.00. The van der Waals surface area contributed by atoms with E-state index in [1.807, 2.05) is 6.08 Å². The van der Waals surface area contributed by atoms with Crippen LogP contribution >= 0.6 is 0 Å². The summed E-state index contributed by atoms with van der Waals surface area (Å²) in [5, 5.41) is 5.99. The molecule has 1 amide bonds. The molecule has 0 bridgehead atoms. The summed E-state index contributed by atoms with van der Waals surface area (Å²) in [5.74, 6) is 1.37. The Kier molecular flexibility index (Phi) is 5.42. The number of amidine groups is 1. The normalized spacial score (nSPS) is 15.3. The fraction of sp³-hybridized carbons (Fsp3) is 0.238. The second kappa shape index (κ2) is 8.32. The molecular formula is C21H20FN5O3. The third kappa shape index (κ3) is 4.00. The Morgan fingerprint density at radius 1 is 1.17 bits per heavy atom. The SMILES string of the molecule is C=C1C=CC(N2Cc3cc(OCc4ccc(OCCF)cn4)cnc3C2=O)=NN1C. The molecule has 2 aromatic heterocycles. The van der Waals surface area contributed by atoms with Crippen LogP contribution < -0.4 is 9.47 Å². The number of nitrogens with zero attached hydrogens (tertiary/aromatic N) is 5. The molecule has 154 valence electrons. The maximum absolute atomic E-state index is 12.7. The summed E-state index contributed by atoms with van der Waals surface area (Å²) in [6.45, 7) is 3.90. The van der Waals surface area contributed by atoms with Crippen LogP contribution in [0.3, 0.4) is 0 Å². The number of hydrogen-bond acceptors (Lipinski definition) is 7. The number of ether oxygens (including phenoxy) is 2. The first kappa shape index (κ1) is 19.6. The molecule has 0 atom stereocenters. The van der Waals surface area contributed by atoms with Gasteiger partial charge in [0.25, 0.3) is 5.91 Å². The molecule has 0 aromatic carbocycles. The van der Waals surface area contributed by atoms with Crippen molar-refractivity contribution in [1.29, 1.82) is 0 Å². The Bertz CT molecular complexity index is 1040. The van der Waals surface area contributed by atoms with Crippen molar-refractivity contribution in [2.75, 3.05) is 20.3 Å². The van der Waals surface area contributed by atoms with Crippen molar-refractivity contribution in [3.63, 3.8) is 0 Å². The van der Waals surface area contributed by atoms with Crippen molar-refractivity contribution in [2.45, 2.75) is 13.2 Å². The van der Waals surface area contributed by atoms with E-state index < -0.39 is 6.67 Å². The lowest BCUT2D eigenvalue weighted by Gasteiger charge is -2.23. The molecular weight excluding hydrogens is 389 g/mol. The molecule has 0 fully saturated rings. The summed E-state index contributed by atoms with van der Waals surface area (Å²) in [7, 11) is 1.78. The van der Waals surface area contributed by atoms with Crippen molar-refractivity contribution in [2.24, 2.45) is 5.10 Å². The standard InChI is InChI=1S/C21H20FN5O3/c1-14-3-6-19(25-26(14)2)27-12-15-9-18(11-24-20(15)21(27)28)30-13-16-4-5-17(10-23-16)29-8-7-22/h3-6,9-11H,1,7-8,12-13H2,2H3. The van der Waals surface area contributed by atoms with E-state index in [-0.39, 0.29) is 19.1 Å². The zero-order chi connectivity index (χ0) is 21.1. The van der Waals surface area contributed by atoms with Gasteiger partial charge in [-0.2, -0.15) is 5.10 Å². The number of hydrazone groups is 1. The number of hydrogen-bond donors (Lipinski definition) is 0. The molecule has 0 saturated heterocycles. The first-order valence-electron chi connectivity index (χ1n) is 9.32. The van der Waals surface area contributed by atoms with Gasteiger partial charge in [0.2, 0.25) is 0 Å². The van der Waals surface area contributed by atoms with Crippen LogP contribution in [0, 0.1) is 0 Å². The van der Waals surface area contributed by atoms with Gasteiger partial charge >= 0.3 is 0 Å². The lowest BCUT2D eigenvalue weighted by molar-refractivity contribution is 0.0860. The van der Waals surface area contributed by atoms with Crippen molar-refractivity contribution < 1.29 is 18.7 Å². The maximum Gasteiger partial charge on any atom is 0.278 e. The fourth-order valence-corrected chi connectivity index (χ4v) is 3.00. The Labute approximate surface area is 172 Å². The Balaban J connectivity index is 1.41. The highest BCUT2D eigenvalue weighted by Crippen LogP contribution is 2.26. The van der Waals surface area contributed by atoms with Crippen LogP contribution in [0.15, 0.2) is 60.1 Å². The number of carbonyl (C=O) groups is 1. The van der Waals surface area contributed by atoms with E-state index in [0.717, 1.165) is 11.3 Å². The highest BCUT2D eigenvalue weighted by atomic mass is 19.1. The molecule has 0 saturated carbocycles. The summed E-state index contributed by atoms with van der Waals surface area (Å²) in [6.07, 6.45) is 6.61. The summed E-state index contributed by atoms with van der Waals surface area (Å²) >= 11 is 0. The topological polar surface area (TPSA) is 80.2 Å². The second-order valence-electron chi connectivity index (χ2n) is 6.69. The molecule has 0 spiro atoms. The molecule has 2 aromatic rings. The quantitative estimate of drug-likeness (QED) is 0.730. The van der Waals surface area contributed by atoms with Crippen LogP contribution in [0.1, 0.15) is 21.7 Å². The highest BCUT2D eigenvalue weighted by molar-refractivity contribution is 6.12. The van der Waals surface area contributed by atoms with Crippen molar-refractivity contribution >= 4 is 11.7 Å². The monoisotopic (exact) mass is 409 g/mol. The number of allylic oxidation sites excluding steroid dienone is 1. The molecule has 0 radical (unpaired) electrons. The summed E-state index contributed by atoms with van der Waals surface area (Å²) in [6, 6.07) is 5.26. The largest absolute Gasteiger partial charge is 0.489 e. The number of halogens is 1. The molecule has 8 nitrogen and oxygen atoms in total. The van der Waals surface area contributed by atoms with Gasteiger partial charge < -0.3 is 9.47 Å². The third-order valence-electron chi connectivity index (χ3n) is 4.62. The van der Waals surface area contributed by atoms with Gasteiger partial charge in [-0.05, 0) is 30.4 Å². The minimum atomic E-state index is -0.550. The predicted octanol–water partition coefficient (Wildman–Crippen LogP) is 2.69. The number of aromatic nitrogens is 2. The lowest BCUT2D eigenvalue weighted by atomic mass is 10.2. The van der Waals surface area contributed by atoms with Crippen molar-refractivity contribution in [1.82, 2.24) is 19.9 Å². The average Bonchev–Trinajstić information content (AvgIpc) is 3.09. The summed E-state index contributed by atoms with van der Waals surface area (Å²) < 4.78 is 23.1. The number of amides is 1. The van der Waals surface area contributed by atoms with Crippen molar-refractivity contribution in [3.05, 3.63) is 72.0 Å². The molecule has 30 heavy (non-hydrogen) atoms. The molecule has 0 aliphatic carbocycles. The van der Waals surface area contributed by atoms with Crippen LogP contribution in [-0.4, -0.2) is 51.9 Å². The van der Waals surface area contributed by atoms with Gasteiger partial charge in [-0.3, -0.25) is 19.7 Å². The van der Waals surface area contributed by atoms with Crippen LogP contribution in [0.5, 0.6) is 11.5 Å². The Hall–Kier alpha value is -3.75. The zero-order valence-electron chi connectivity index (χ0n) is 16.4. The minimum Gasteiger partial charge on any atom is -0.489 e. The molecule has 4 rings (SSSR count). The first-order chi connectivity index (χ1) is 14.5. The van der Waals surface area contributed by atoms with Crippen LogP contribution in [0.4, 0.5) is 4.39 Å². The third-order valence-corrected chi connectivity index (χ3v) is 4.62. The lowest BCUT2D eigenvalue weighted by Crippen LogP contribution is -2.33. The smallest absolute Gasteiger partial charge is 0.278 e. The number of fused-ring (bicyclic) bond motifs is 1. The van der Waals surface area contributed by atoms with Crippen LogP contribution in [0.2, 0.25) is 0 Å². The van der Waals surface area contributed by atoms with E-state index in [1.165, 1.54) is 12.4 Å². The minimum absolute atomic E-state index is 0.00130.